The lowest BCUT2D eigenvalue weighted by Crippen LogP contribution is -2.31. The average molecular weight is 464 g/mol. The zero-order valence-electron chi connectivity index (χ0n) is 17.8. The van der Waals surface area contributed by atoms with Gasteiger partial charge in [-0.1, -0.05) is 12.1 Å². The SMILES string of the molecule is O=C(c1ccc(-c2cncnc2)nc1)N1CCC[C@@H]1c1[nH]ncc1-c1cccc(C(F)(F)F)c1. The summed E-state index contributed by atoms with van der Waals surface area (Å²) in [5.41, 5.74) is 2.65. The largest absolute Gasteiger partial charge is 0.416 e. The molecular formula is C24H19F3N6O. The third-order valence-electron chi connectivity index (χ3n) is 5.88. The van der Waals surface area contributed by atoms with Crippen LogP contribution in [0.15, 0.2) is 67.5 Å². The molecule has 1 saturated heterocycles. The molecule has 34 heavy (non-hydrogen) atoms. The molecule has 0 unspecified atom stereocenters. The van der Waals surface area contributed by atoms with Crippen molar-refractivity contribution < 1.29 is 18.0 Å². The highest BCUT2D eigenvalue weighted by molar-refractivity contribution is 5.94. The molecular weight excluding hydrogens is 445 g/mol. The van der Waals surface area contributed by atoms with Gasteiger partial charge in [-0.3, -0.25) is 14.9 Å². The third-order valence-corrected chi connectivity index (χ3v) is 5.88. The van der Waals surface area contributed by atoms with E-state index >= 15 is 0 Å². The Labute approximate surface area is 192 Å². The van der Waals surface area contributed by atoms with E-state index in [0.29, 0.717) is 41.0 Å². The van der Waals surface area contributed by atoms with Crippen LogP contribution in [-0.4, -0.2) is 42.5 Å². The summed E-state index contributed by atoms with van der Waals surface area (Å²) in [4.78, 5) is 27.3. The number of H-pyrrole nitrogens is 1. The molecule has 0 radical (unpaired) electrons. The van der Waals surface area contributed by atoms with E-state index in [2.05, 4.69) is 25.1 Å². The fraction of sp³-hybridized carbons (Fsp3) is 0.208. The van der Waals surface area contributed by atoms with Crippen LogP contribution in [0.1, 0.15) is 40.5 Å². The monoisotopic (exact) mass is 464 g/mol. The molecule has 1 N–H and O–H groups in total. The van der Waals surface area contributed by atoms with Gasteiger partial charge in [-0.15, -0.1) is 0 Å². The van der Waals surface area contributed by atoms with Gasteiger partial charge in [0.15, 0.2) is 0 Å². The number of rotatable bonds is 4. The summed E-state index contributed by atoms with van der Waals surface area (Å²) >= 11 is 0. The van der Waals surface area contributed by atoms with Crippen molar-refractivity contribution in [3.05, 3.63) is 84.3 Å². The maximum absolute atomic E-state index is 13.3. The standard InChI is InChI=1S/C24H19F3N6O/c25-24(26,27)18-4-1-3-15(9-18)19-13-31-32-22(19)21-5-2-8-33(21)23(34)16-6-7-20(30-12-16)17-10-28-14-29-11-17/h1,3-4,6-7,9-14,21H,2,5,8H2,(H,31,32)/t21-/m1/s1. The molecule has 172 valence electrons. The number of hydrogen-bond donors (Lipinski definition) is 1. The van der Waals surface area contributed by atoms with Crippen molar-refractivity contribution in [2.24, 2.45) is 0 Å². The molecule has 4 aromatic rings. The van der Waals surface area contributed by atoms with Crippen molar-refractivity contribution in [2.75, 3.05) is 6.54 Å². The Bertz CT molecular complexity index is 1300. The van der Waals surface area contributed by atoms with Gasteiger partial charge in [-0.2, -0.15) is 18.3 Å². The minimum absolute atomic E-state index is 0.199. The second-order valence-electron chi connectivity index (χ2n) is 7.99. The molecule has 1 fully saturated rings. The predicted octanol–water partition coefficient (Wildman–Crippen LogP) is 4.92. The van der Waals surface area contributed by atoms with Crippen molar-refractivity contribution >= 4 is 5.91 Å². The Kier molecular flexibility index (Phi) is 5.56. The molecule has 0 saturated carbocycles. The summed E-state index contributed by atoms with van der Waals surface area (Å²) < 4.78 is 39.6. The van der Waals surface area contributed by atoms with E-state index in [1.54, 1.807) is 35.5 Å². The fourth-order valence-corrected chi connectivity index (χ4v) is 4.24. The van der Waals surface area contributed by atoms with Gasteiger partial charge in [0, 0.05) is 36.3 Å². The number of nitrogens with zero attached hydrogens (tertiary/aromatic N) is 5. The van der Waals surface area contributed by atoms with Crippen molar-refractivity contribution in [1.82, 2.24) is 30.0 Å². The van der Waals surface area contributed by atoms with Crippen LogP contribution < -0.4 is 0 Å². The lowest BCUT2D eigenvalue weighted by atomic mass is 9.99. The first-order chi connectivity index (χ1) is 16.4. The first-order valence-electron chi connectivity index (χ1n) is 10.6. The fourth-order valence-electron chi connectivity index (χ4n) is 4.24. The minimum atomic E-state index is -4.44. The Morgan fingerprint density at radius 3 is 2.59 bits per heavy atom. The van der Waals surface area contributed by atoms with Crippen LogP contribution in [0.3, 0.4) is 0 Å². The van der Waals surface area contributed by atoms with Crippen LogP contribution >= 0.6 is 0 Å². The quantitative estimate of drug-likeness (QED) is 0.463. The summed E-state index contributed by atoms with van der Waals surface area (Å²) in [6.45, 7) is 0.527. The number of hydrogen-bond acceptors (Lipinski definition) is 5. The molecule has 0 spiro atoms. The maximum atomic E-state index is 13.3. The number of carbonyl (C=O) groups excluding carboxylic acids is 1. The minimum Gasteiger partial charge on any atom is -0.330 e. The summed E-state index contributed by atoms with van der Waals surface area (Å²) in [7, 11) is 0. The van der Waals surface area contributed by atoms with E-state index in [-0.39, 0.29) is 11.9 Å². The molecule has 5 rings (SSSR count). The lowest BCUT2D eigenvalue weighted by Gasteiger charge is -2.25. The van der Waals surface area contributed by atoms with Crippen LogP contribution in [0.4, 0.5) is 13.2 Å². The van der Waals surface area contributed by atoms with Gasteiger partial charge in [-0.25, -0.2) is 9.97 Å². The third kappa shape index (κ3) is 4.14. The number of likely N-dealkylation sites (tertiary alicyclic amines) is 1. The number of alkyl halides is 3. The summed E-state index contributed by atoms with van der Waals surface area (Å²) in [5, 5.41) is 6.99. The molecule has 1 atom stereocenters. The molecule has 3 aromatic heterocycles. The number of carbonyl (C=O) groups is 1. The smallest absolute Gasteiger partial charge is 0.330 e. The highest BCUT2D eigenvalue weighted by Crippen LogP contribution is 2.39. The van der Waals surface area contributed by atoms with Crippen molar-refractivity contribution in [1.29, 1.82) is 0 Å². The van der Waals surface area contributed by atoms with E-state index < -0.39 is 11.7 Å². The Morgan fingerprint density at radius 1 is 1.03 bits per heavy atom. The van der Waals surface area contributed by atoms with Crippen LogP contribution in [0.2, 0.25) is 0 Å². The Balaban J connectivity index is 1.42. The number of halogens is 3. The number of nitrogens with one attached hydrogen (secondary N) is 1. The molecule has 1 amide bonds. The molecule has 4 heterocycles. The van der Waals surface area contributed by atoms with Gasteiger partial charge >= 0.3 is 6.18 Å². The van der Waals surface area contributed by atoms with Crippen LogP contribution in [0.25, 0.3) is 22.4 Å². The first kappa shape index (κ1) is 21.7. The molecule has 7 nitrogen and oxygen atoms in total. The Hall–Kier alpha value is -4.08. The average Bonchev–Trinajstić information content (AvgIpc) is 3.53. The van der Waals surface area contributed by atoms with E-state index in [0.717, 1.165) is 24.1 Å². The van der Waals surface area contributed by atoms with E-state index in [4.69, 9.17) is 0 Å². The predicted molar refractivity (Wildman–Crippen MR) is 117 cm³/mol. The summed E-state index contributed by atoms with van der Waals surface area (Å²) in [6, 6.07) is 8.23. The van der Waals surface area contributed by atoms with Gasteiger partial charge in [0.25, 0.3) is 5.91 Å². The zero-order valence-corrected chi connectivity index (χ0v) is 17.8. The number of aromatic amines is 1. The molecule has 1 aromatic carbocycles. The molecule has 1 aliphatic rings. The number of aromatic nitrogens is 5. The van der Waals surface area contributed by atoms with Gasteiger partial charge in [0.1, 0.15) is 6.33 Å². The zero-order chi connectivity index (χ0) is 23.7. The number of amides is 1. The highest BCUT2D eigenvalue weighted by atomic mass is 19.4. The van der Waals surface area contributed by atoms with Crippen LogP contribution in [0.5, 0.6) is 0 Å². The van der Waals surface area contributed by atoms with Gasteiger partial charge in [0.05, 0.1) is 34.8 Å². The second-order valence-corrected chi connectivity index (χ2v) is 7.99. The van der Waals surface area contributed by atoms with E-state index in [1.165, 1.54) is 24.8 Å². The molecule has 10 heteroatoms. The van der Waals surface area contributed by atoms with Crippen molar-refractivity contribution in [3.8, 4) is 22.4 Å². The van der Waals surface area contributed by atoms with Gasteiger partial charge in [0.2, 0.25) is 0 Å². The van der Waals surface area contributed by atoms with E-state index in [1.807, 2.05) is 0 Å². The summed E-state index contributed by atoms with van der Waals surface area (Å²) in [5.74, 6) is -0.199. The van der Waals surface area contributed by atoms with E-state index in [9.17, 15) is 18.0 Å². The van der Waals surface area contributed by atoms with Crippen LogP contribution in [0, 0.1) is 0 Å². The topological polar surface area (TPSA) is 87.7 Å². The maximum Gasteiger partial charge on any atom is 0.416 e. The van der Waals surface area contributed by atoms with Crippen LogP contribution in [-0.2, 0) is 6.18 Å². The second kappa shape index (κ2) is 8.69. The first-order valence-corrected chi connectivity index (χ1v) is 10.6. The lowest BCUT2D eigenvalue weighted by molar-refractivity contribution is -0.137. The van der Waals surface area contributed by atoms with Crippen molar-refractivity contribution in [3.63, 3.8) is 0 Å². The van der Waals surface area contributed by atoms with Gasteiger partial charge in [-0.05, 0) is 42.7 Å². The Morgan fingerprint density at radius 2 is 1.85 bits per heavy atom. The van der Waals surface area contributed by atoms with Crippen molar-refractivity contribution in [2.45, 2.75) is 25.1 Å². The molecule has 1 aliphatic heterocycles. The normalized spacial score (nSPS) is 16.1. The number of pyridine rings is 1. The highest BCUT2D eigenvalue weighted by Gasteiger charge is 2.34. The molecule has 0 bridgehead atoms. The van der Waals surface area contributed by atoms with Gasteiger partial charge < -0.3 is 4.90 Å². The summed E-state index contributed by atoms with van der Waals surface area (Å²) in [6.07, 6.45) is 4.72. The number of benzene rings is 1. The molecule has 0 aliphatic carbocycles.